The molecule has 28 heavy (non-hydrogen) atoms. The van der Waals surface area contributed by atoms with Gasteiger partial charge in [0.1, 0.15) is 5.82 Å². The van der Waals surface area contributed by atoms with Gasteiger partial charge in [0.2, 0.25) is 0 Å². The van der Waals surface area contributed by atoms with Crippen molar-refractivity contribution in [1.29, 1.82) is 0 Å². The van der Waals surface area contributed by atoms with E-state index in [9.17, 15) is 0 Å². The minimum atomic E-state index is 0. The molecular formula is C20H26ClIN6. The molecule has 2 aromatic heterocycles. The van der Waals surface area contributed by atoms with Gasteiger partial charge in [-0.15, -0.1) is 34.2 Å². The van der Waals surface area contributed by atoms with Crippen LogP contribution in [0.5, 0.6) is 0 Å². The van der Waals surface area contributed by atoms with Crippen molar-refractivity contribution < 1.29 is 0 Å². The first-order valence-electron chi connectivity index (χ1n) is 9.27. The monoisotopic (exact) mass is 512 g/mol. The van der Waals surface area contributed by atoms with E-state index in [-0.39, 0.29) is 30.0 Å². The van der Waals surface area contributed by atoms with Gasteiger partial charge in [0, 0.05) is 30.7 Å². The summed E-state index contributed by atoms with van der Waals surface area (Å²) in [5.41, 5.74) is 1.93. The Labute approximate surface area is 187 Å². The molecule has 8 heteroatoms. The number of hydrogen-bond donors (Lipinski definition) is 2. The number of nitrogens with one attached hydrogen (secondary N) is 2. The Morgan fingerprint density at radius 2 is 1.96 bits per heavy atom. The normalized spacial score (nSPS) is 12.5. The third kappa shape index (κ3) is 5.81. The number of aromatic nitrogens is 3. The highest BCUT2D eigenvalue weighted by Crippen LogP contribution is 2.21. The highest BCUT2D eigenvalue weighted by atomic mass is 127. The zero-order valence-corrected chi connectivity index (χ0v) is 19.2. The number of fused-ring (bicyclic) bond motifs is 1. The Hall–Kier alpha value is -1.87. The third-order valence-electron chi connectivity index (χ3n) is 4.28. The first-order chi connectivity index (χ1) is 13.2. The lowest BCUT2D eigenvalue weighted by Gasteiger charge is -2.19. The molecule has 2 heterocycles. The number of aryl methyl sites for hydroxylation is 1. The van der Waals surface area contributed by atoms with E-state index >= 15 is 0 Å². The third-order valence-corrected chi connectivity index (χ3v) is 4.63. The number of halogens is 2. The van der Waals surface area contributed by atoms with Crippen LogP contribution in [0.1, 0.15) is 37.7 Å². The second-order valence-corrected chi connectivity index (χ2v) is 6.70. The smallest absolute Gasteiger partial charge is 0.191 e. The SMILES string of the molecule is CCNC(=NCCCc1nnc2ccccn12)NC(C)c1ccccc1Cl.I. The van der Waals surface area contributed by atoms with E-state index < -0.39 is 0 Å². The van der Waals surface area contributed by atoms with Gasteiger partial charge in [0.15, 0.2) is 11.6 Å². The Morgan fingerprint density at radius 3 is 2.75 bits per heavy atom. The number of nitrogens with zero attached hydrogens (tertiary/aromatic N) is 4. The van der Waals surface area contributed by atoms with Gasteiger partial charge in [0.05, 0.1) is 6.04 Å². The molecule has 6 nitrogen and oxygen atoms in total. The fraction of sp³-hybridized carbons (Fsp3) is 0.350. The Bertz CT molecular complexity index is 910. The summed E-state index contributed by atoms with van der Waals surface area (Å²) in [7, 11) is 0. The van der Waals surface area contributed by atoms with Crippen LogP contribution in [0, 0.1) is 0 Å². The van der Waals surface area contributed by atoms with Crippen LogP contribution in [-0.4, -0.2) is 33.6 Å². The fourth-order valence-corrected chi connectivity index (χ4v) is 3.22. The van der Waals surface area contributed by atoms with Crippen molar-refractivity contribution in [2.75, 3.05) is 13.1 Å². The van der Waals surface area contributed by atoms with Crippen LogP contribution in [0.2, 0.25) is 5.02 Å². The molecule has 0 aliphatic carbocycles. The number of guanidine groups is 1. The van der Waals surface area contributed by atoms with E-state index in [0.717, 1.165) is 47.4 Å². The van der Waals surface area contributed by atoms with E-state index in [4.69, 9.17) is 11.6 Å². The van der Waals surface area contributed by atoms with Crippen LogP contribution in [0.3, 0.4) is 0 Å². The average molecular weight is 513 g/mol. The molecule has 0 aliphatic heterocycles. The maximum Gasteiger partial charge on any atom is 0.191 e. The minimum Gasteiger partial charge on any atom is -0.357 e. The molecule has 0 amide bonds. The maximum absolute atomic E-state index is 6.30. The molecule has 1 unspecified atom stereocenters. The largest absolute Gasteiger partial charge is 0.357 e. The van der Waals surface area contributed by atoms with Gasteiger partial charge in [-0.25, -0.2) is 0 Å². The zero-order valence-electron chi connectivity index (χ0n) is 16.1. The molecule has 1 aromatic carbocycles. The van der Waals surface area contributed by atoms with Gasteiger partial charge >= 0.3 is 0 Å². The van der Waals surface area contributed by atoms with E-state index in [0.29, 0.717) is 6.54 Å². The van der Waals surface area contributed by atoms with Gasteiger partial charge in [-0.1, -0.05) is 35.9 Å². The standard InChI is InChI=1S/C20H25ClN6.HI/c1-3-22-20(24-15(2)16-9-4-5-10-17(16)21)23-13-8-12-19-26-25-18-11-6-7-14-27(18)19;/h4-7,9-11,14-15H,3,8,12-13H2,1-2H3,(H2,22,23,24);1H. The van der Waals surface area contributed by atoms with Crippen molar-refractivity contribution in [3.63, 3.8) is 0 Å². The molecule has 3 aromatic rings. The predicted molar refractivity (Wildman–Crippen MR) is 126 cm³/mol. The summed E-state index contributed by atoms with van der Waals surface area (Å²) in [6.45, 7) is 5.64. The average Bonchev–Trinajstić information content (AvgIpc) is 3.09. The molecule has 2 N–H and O–H groups in total. The summed E-state index contributed by atoms with van der Waals surface area (Å²) in [5.74, 6) is 1.75. The number of rotatable bonds is 7. The predicted octanol–water partition coefficient (Wildman–Crippen LogP) is 4.25. The van der Waals surface area contributed by atoms with E-state index in [1.807, 2.05) is 53.1 Å². The molecule has 3 rings (SSSR count). The van der Waals surface area contributed by atoms with E-state index in [1.54, 1.807) is 0 Å². The lowest BCUT2D eigenvalue weighted by molar-refractivity contribution is 0.681. The maximum atomic E-state index is 6.30. The number of hydrogen-bond acceptors (Lipinski definition) is 3. The van der Waals surface area contributed by atoms with E-state index in [1.165, 1.54) is 0 Å². The second-order valence-electron chi connectivity index (χ2n) is 6.30. The van der Waals surface area contributed by atoms with Crippen LogP contribution in [0.15, 0.2) is 53.7 Å². The van der Waals surface area contributed by atoms with Crippen LogP contribution < -0.4 is 10.6 Å². The van der Waals surface area contributed by atoms with Gasteiger partial charge < -0.3 is 10.6 Å². The summed E-state index contributed by atoms with van der Waals surface area (Å²) in [4.78, 5) is 4.68. The summed E-state index contributed by atoms with van der Waals surface area (Å²) in [6.07, 6.45) is 3.71. The highest BCUT2D eigenvalue weighted by molar-refractivity contribution is 14.0. The second kappa shape index (κ2) is 11.2. The van der Waals surface area contributed by atoms with Gasteiger partial charge in [-0.05, 0) is 44.0 Å². The molecular weight excluding hydrogens is 487 g/mol. The van der Waals surface area contributed by atoms with Gasteiger partial charge in [-0.2, -0.15) is 0 Å². The van der Waals surface area contributed by atoms with Crippen molar-refractivity contribution in [3.05, 3.63) is 65.1 Å². The number of benzene rings is 1. The molecule has 0 saturated heterocycles. The highest BCUT2D eigenvalue weighted by Gasteiger charge is 2.10. The Balaban J connectivity index is 0.00000280. The first-order valence-corrected chi connectivity index (χ1v) is 9.64. The summed E-state index contributed by atoms with van der Waals surface area (Å²) in [5, 5.41) is 15.9. The van der Waals surface area contributed by atoms with Crippen LogP contribution in [0.4, 0.5) is 0 Å². The molecule has 0 spiro atoms. The molecule has 0 saturated carbocycles. The van der Waals surface area contributed by atoms with Crippen molar-refractivity contribution in [3.8, 4) is 0 Å². The topological polar surface area (TPSA) is 66.6 Å². The fourth-order valence-electron chi connectivity index (χ4n) is 2.92. The van der Waals surface area contributed by atoms with Crippen LogP contribution in [0.25, 0.3) is 5.65 Å². The van der Waals surface area contributed by atoms with Crippen molar-refractivity contribution >= 4 is 47.2 Å². The molecule has 150 valence electrons. The lowest BCUT2D eigenvalue weighted by Crippen LogP contribution is -2.38. The molecule has 0 fully saturated rings. The Morgan fingerprint density at radius 1 is 1.18 bits per heavy atom. The molecule has 1 atom stereocenters. The van der Waals surface area contributed by atoms with Crippen LogP contribution >= 0.6 is 35.6 Å². The Kier molecular flexibility index (Phi) is 8.98. The van der Waals surface area contributed by atoms with Crippen LogP contribution in [-0.2, 0) is 6.42 Å². The van der Waals surface area contributed by atoms with E-state index in [2.05, 4.69) is 39.7 Å². The molecule has 0 bridgehead atoms. The van der Waals surface area contributed by atoms with Gasteiger partial charge in [-0.3, -0.25) is 9.39 Å². The first kappa shape index (κ1) is 22.4. The van der Waals surface area contributed by atoms with Crippen molar-refractivity contribution in [1.82, 2.24) is 25.2 Å². The number of aliphatic imine (C=N–C) groups is 1. The molecule has 0 radical (unpaired) electrons. The lowest BCUT2D eigenvalue weighted by atomic mass is 10.1. The summed E-state index contributed by atoms with van der Waals surface area (Å²) < 4.78 is 2.02. The van der Waals surface area contributed by atoms with Crippen molar-refractivity contribution in [2.24, 2.45) is 4.99 Å². The summed E-state index contributed by atoms with van der Waals surface area (Å²) in [6, 6.07) is 13.8. The van der Waals surface area contributed by atoms with Crippen molar-refractivity contribution in [2.45, 2.75) is 32.7 Å². The number of pyridine rings is 1. The quantitative estimate of drug-likeness (QED) is 0.215. The van der Waals surface area contributed by atoms with Gasteiger partial charge in [0.25, 0.3) is 0 Å². The minimum absolute atomic E-state index is 0. The zero-order chi connectivity index (χ0) is 19.1. The molecule has 0 aliphatic rings. The summed E-state index contributed by atoms with van der Waals surface area (Å²) >= 11 is 6.30.